The lowest BCUT2D eigenvalue weighted by Gasteiger charge is -2.22. The van der Waals surface area contributed by atoms with E-state index in [4.69, 9.17) is 4.74 Å². The Kier molecular flexibility index (Phi) is 6.56. The Morgan fingerprint density at radius 2 is 2.19 bits per heavy atom. The van der Waals surface area contributed by atoms with Crippen LogP contribution in [0.4, 0.5) is 0 Å². The van der Waals surface area contributed by atoms with Gasteiger partial charge in [0.2, 0.25) is 0 Å². The number of nitrogens with one attached hydrogen (secondary N) is 2. The van der Waals surface area contributed by atoms with Gasteiger partial charge in [-0.05, 0) is 42.7 Å². The molecule has 1 aliphatic carbocycles. The normalized spacial score (nSPS) is 14.8. The molecule has 1 aromatic heterocycles. The van der Waals surface area contributed by atoms with Gasteiger partial charge in [-0.3, -0.25) is 4.99 Å². The molecular formula is C21H32N4O. The second-order valence-corrected chi connectivity index (χ2v) is 7.17. The minimum atomic E-state index is 0.760. The van der Waals surface area contributed by atoms with Gasteiger partial charge in [0, 0.05) is 50.9 Å². The van der Waals surface area contributed by atoms with Crippen LogP contribution >= 0.6 is 0 Å². The Balaban J connectivity index is 1.46. The molecule has 1 fully saturated rings. The molecule has 3 rings (SSSR count). The fourth-order valence-electron chi connectivity index (χ4n) is 3.31. The van der Waals surface area contributed by atoms with Crippen LogP contribution < -0.4 is 5.32 Å². The predicted molar refractivity (Wildman–Crippen MR) is 109 cm³/mol. The average molecular weight is 357 g/mol. The van der Waals surface area contributed by atoms with E-state index in [9.17, 15) is 0 Å². The van der Waals surface area contributed by atoms with Gasteiger partial charge in [-0.25, -0.2) is 0 Å². The third kappa shape index (κ3) is 4.79. The first-order valence-electron chi connectivity index (χ1n) is 9.80. The summed E-state index contributed by atoms with van der Waals surface area (Å²) in [5.74, 6) is 1.75. The molecule has 0 atom stereocenters. The average Bonchev–Trinajstić information content (AvgIpc) is 3.40. The van der Waals surface area contributed by atoms with Crippen LogP contribution in [0.2, 0.25) is 0 Å². The number of aromatic amines is 1. The number of aliphatic imine (C=N–C) groups is 1. The van der Waals surface area contributed by atoms with Crippen LogP contribution in [0.15, 0.2) is 29.4 Å². The molecule has 5 heteroatoms. The van der Waals surface area contributed by atoms with Crippen LogP contribution in [0.5, 0.6) is 0 Å². The molecule has 1 aromatic carbocycles. The number of aromatic nitrogens is 1. The summed E-state index contributed by atoms with van der Waals surface area (Å²) in [5.41, 5.74) is 4.01. The van der Waals surface area contributed by atoms with Crippen molar-refractivity contribution in [2.45, 2.75) is 32.6 Å². The Bertz CT molecular complexity index is 733. The largest absolute Gasteiger partial charge is 0.379 e. The zero-order valence-electron chi connectivity index (χ0n) is 16.3. The number of hydrogen-bond donors (Lipinski definition) is 2. The molecular weight excluding hydrogens is 324 g/mol. The zero-order valence-corrected chi connectivity index (χ0v) is 16.3. The molecule has 1 aliphatic rings. The van der Waals surface area contributed by atoms with Crippen LogP contribution in [0.25, 0.3) is 10.9 Å². The van der Waals surface area contributed by atoms with Gasteiger partial charge in [-0.2, -0.15) is 0 Å². The van der Waals surface area contributed by atoms with Gasteiger partial charge < -0.3 is 19.9 Å². The van der Waals surface area contributed by atoms with Gasteiger partial charge in [0.05, 0.1) is 6.61 Å². The molecule has 0 radical (unpaired) electrons. The molecule has 0 amide bonds. The lowest BCUT2D eigenvalue weighted by Crippen LogP contribution is -2.41. The Morgan fingerprint density at radius 3 is 2.92 bits per heavy atom. The second-order valence-electron chi connectivity index (χ2n) is 7.17. The number of ether oxygens (including phenoxy) is 1. The summed E-state index contributed by atoms with van der Waals surface area (Å²) in [7, 11) is 3.90. The van der Waals surface area contributed by atoms with E-state index in [1.54, 1.807) is 0 Å². The van der Waals surface area contributed by atoms with Crippen LogP contribution in [-0.4, -0.2) is 56.2 Å². The van der Waals surface area contributed by atoms with Gasteiger partial charge in [-0.1, -0.05) is 25.1 Å². The summed E-state index contributed by atoms with van der Waals surface area (Å²) in [4.78, 5) is 9.97. The first kappa shape index (κ1) is 18.8. The summed E-state index contributed by atoms with van der Waals surface area (Å²) < 4.78 is 5.73. The van der Waals surface area contributed by atoms with E-state index in [1.807, 2.05) is 7.05 Å². The van der Waals surface area contributed by atoms with Crippen molar-refractivity contribution in [2.75, 3.05) is 40.4 Å². The molecule has 1 saturated carbocycles. The predicted octanol–water partition coefficient (Wildman–Crippen LogP) is 3.21. The maximum atomic E-state index is 5.73. The first-order valence-corrected chi connectivity index (χ1v) is 9.80. The molecule has 0 bridgehead atoms. The van der Waals surface area contributed by atoms with Gasteiger partial charge in [0.1, 0.15) is 0 Å². The number of aryl methyl sites for hydroxylation is 1. The van der Waals surface area contributed by atoms with Crippen molar-refractivity contribution in [1.29, 1.82) is 0 Å². The van der Waals surface area contributed by atoms with Crippen molar-refractivity contribution in [3.63, 3.8) is 0 Å². The quantitative estimate of drug-likeness (QED) is 0.412. The van der Waals surface area contributed by atoms with Crippen molar-refractivity contribution in [1.82, 2.24) is 15.2 Å². The van der Waals surface area contributed by atoms with E-state index in [0.29, 0.717) is 0 Å². The van der Waals surface area contributed by atoms with Gasteiger partial charge in [0.15, 0.2) is 5.96 Å². The molecule has 0 aliphatic heterocycles. The van der Waals surface area contributed by atoms with E-state index >= 15 is 0 Å². The number of H-pyrrole nitrogens is 1. The fraction of sp³-hybridized carbons (Fsp3) is 0.571. The van der Waals surface area contributed by atoms with E-state index in [2.05, 4.69) is 58.6 Å². The second kappa shape index (κ2) is 9.08. The molecule has 0 unspecified atom stereocenters. The SMILES string of the molecule is CCc1cccc2c(CCNC(=NC)N(C)CCOCC3CC3)c[nH]c12. The molecule has 5 nitrogen and oxygen atoms in total. The third-order valence-corrected chi connectivity index (χ3v) is 5.14. The summed E-state index contributed by atoms with van der Waals surface area (Å²) in [5, 5.41) is 4.81. The topological polar surface area (TPSA) is 52.6 Å². The number of likely N-dealkylation sites (N-methyl/N-ethyl adjacent to an activating group) is 1. The Labute approximate surface area is 156 Å². The number of rotatable bonds is 9. The lowest BCUT2D eigenvalue weighted by atomic mass is 10.1. The van der Waals surface area contributed by atoms with E-state index in [1.165, 1.54) is 34.9 Å². The molecule has 142 valence electrons. The van der Waals surface area contributed by atoms with Crippen LogP contribution in [-0.2, 0) is 17.6 Å². The number of fused-ring (bicyclic) bond motifs is 1. The number of guanidine groups is 1. The number of benzene rings is 1. The van der Waals surface area contributed by atoms with E-state index < -0.39 is 0 Å². The summed E-state index contributed by atoms with van der Waals surface area (Å²) in [6, 6.07) is 6.56. The van der Waals surface area contributed by atoms with Gasteiger partial charge >= 0.3 is 0 Å². The molecule has 0 saturated heterocycles. The lowest BCUT2D eigenvalue weighted by molar-refractivity contribution is 0.115. The maximum absolute atomic E-state index is 5.73. The van der Waals surface area contributed by atoms with Crippen molar-refractivity contribution in [3.8, 4) is 0 Å². The standard InChI is InChI=1S/C21H32N4O/c1-4-17-6-5-7-19-18(14-24-20(17)19)10-11-23-21(22-2)25(3)12-13-26-15-16-8-9-16/h5-7,14,16,24H,4,8-13,15H2,1-3H3,(H,22,23). The van der Waals surface area contributed by atoms with Crippen molar-refractivity contribution in [2.24, 2.45) is 10.9 Å². The van der Waals surface area contributed by atoms with Gasteiger partial charge in [0.25, 0.3) is 0 Å². The third-order valence-electron chi connectivity index (χ3n) is 5.14. The molecule has 2 aromatic rings. The molecule has 1 heterocycles. The first-order chi connectivity index (χ1) is 12.7. The Hall–Kier alpha value is -2.01. The van der Waals surface area contributed by atoms with Crippen LogP contribution in [0, 0.1) is 5.92 Å². The molecule has 26 heavy (non-hydrogen) atoms. The highest BCUT2D eigenvalue weighted by Gasteiger charge is 2.21. The minimum Gasteiger partial charge on any atom is -0.379 e. The number of nitrogens with zero attached hydrogens (tertiary/aromatic N) is 2. The van der Waals surface area contributed by atoms with Gasteiger partial charge in [-0.15, -0.1) is 0 Å². The minimum absolute atomic E-state index is 0.760. The van der Waals surface area contributed by atoms with Crippen LogP contribution in [0.1, 0.15) is 30.9 Å². The highest BCUT2D eigenvalue weighted by Crippen LogP contribution is 2.28. The monoisotopic (exact) mass is 356 g/mol. The smallest absolute Gasteiger partial charge is 0.193 e. The van der Waals surface area contributed by atoms with E-state index in [-0.39, 0.29) is 0 Å². The molecule has 2 N–H and O–H groups in total. The highest BCUT2D eigenvalue weighted by atomic mass is 16.5. The number of hydrogen-bond acceptors (Lipinski definition) is 2. The summed E-state index contributed by atoms with van der Waals surface area (Å²) in [6.07, 6.45) is 6.84. The summed E-state index contributed by atoms with van der Waals surface area (Å²) >= 11 is 0. The highest BCUT2D eigenvalue weighted by molar-refractivity contribution is 5.86. The zero-order chi connectivity index (χ0) is 18.4. The fourth-order valence-corrected chi connectivity index (χ4v) is 3.31. The maximum Gasteiger partial charge on any atom is 0.193 e. The van der Waals surface area contributed by atoms with Crippen molar-refractivity contribution >= 4 is 16.9 Å². The molecule has 0 spiro atoms. The summed E-state index contributed by atoms with van der Waals surface area (Å²) in [6.45, 7) is 5.60. The van der Waals surface area contributed by atoms with E-state index in [0.717, 1.165) is 51.0 Å². The number of para-hydroxylation sites is 1. The van der Waals surface area contributed by atoms with Crippen molar-refractivity contribution < 1.29 is 4.74 Å². The van der Waals surface area contributed by atoms with Crippen molar-refractivity contribution in [3.05, 3.63) is 35.5 Å². The Morgan fingerprint density at radius 1 is 1.35 bits per heavy atom. The van der Waals surface area contributed by atoms with Crippen LogP contribution in [0.3, 0.4) is 0 Å².